The van der Waals surface area contributed by atoms with Gasteiger partial charge in [0.2, 0.25) is 15.9 Å². The minimum atomic E-state index is -3.82. The van der Waals surface area contributed by atoms with Crippen molar-refractivity contribution in [3.05, 3.63) is 58.9 Å². The van der Waals surface area contributed by atoms with Crippen molar-refractivity contribution in [3.8, 4) is 0 Å². The summed E-state index contributed by atoms with van der Waals surface area (Å²) in [5, 5.41) is 2.41. The largest absolute Gasteiger partial charge is 0.322 e. The fourth-order valence-electron chi connectivity index (χ4n) is 2.81. The summed E-state index contributed by atoms with van der Waals surface area (Å²) in [6.45, 7) is 3.11. The Labute approximate surface area is 161 Å². The quantitative estimate of drug-likeness (QED) is 0.840. The Balaban J connectivity index is 1.90. The first-order chi connectivity index (χ1) is 12.5. The van der Waals surface area contributed by atoms with Gasteiger partial charge in [0, 0.05) is 11.3 Å². The van der Waals surface area contributed by atoms with Crippen LogP contribution in [0.25, 0.3) is 0 Å². The molecular weight excluding hydrogens is 395 g/mol. The van der Waals surface area contributed by atoms with Gasteiger partial charge in [-0.15, -0.1) is 0 Å². The lowest BCUT2D eigenvalue weighted by atomic mass is 9.95. The van der Waals surface area contributed by atoms with Crippen molar-refractivity contribution >= 4 is 44.8 Å². The minimum absolute atomic E-state index is 0.0929. The Morgan fingerprint density at radius 3 is 2.52 bits per heavy atom. The number of hydrogen-bond donors (Lipinski definition) is 1. The van der Waals surface area contributed by atoms with Crippen molar-refractivity contribution < 1.29 is 22.4 Å². The Kier molecular flexibility index (Phi) is 4.73. The Morgan fingerprint density at radius 2 is 1.93 bits per heavy atom. The molecule has 1 saturated heterocycles. The third-order valence-electron chi connectivity index (χ3n) is 4.11. The van der Waals surface area contributed by atoms with E-state index in [-0.39, 0.29) is 27.7 Å². The van der Waals surface area contributed by atoms with E-state index in [0.29, 0.717) is 0 Å². The molecule has 0 aliphatic carbocycles. The van der Waals surface area contributed by atoms with E-state index in [4.69, 9.17) is 11.6 Å². The zero-order chi connectivity index (χ0) is 20.0. The maximum Gasteiger partial charge on any atom is 0.255 e. The van der Waals surface area contributed by atoms with E-state index in [9.17, 15) is 22.4 Å². The van der Waals surface area contributed by atoms with Crippen LogP contribution in [0.3, 0.4) is 0 Å². The molecule has 2 aromatic carbocycles. The van der Waals surface area contributed by atoms with Crippen LogP contribution in [0, 0.1) is 11.2 Å². The van der Waals surface area contributed by atoms with Crippen molar-refractivity contribution in [2.75, 3.05) is 15.4 Å². The maximum absolute atomic E-state index is 13.2. The third-order valence-corrected chi connectivity index (χ3v) is 6.41. The van der Waals surface area contributed by atoms with Gasteiger partial charge in [0.15, 0.2) is 0 Å². The molecule has 1 aliphatic heterocycles. The predicted molar refractivity (Wildman–Crippen MR) is 101 cm³/mol. The van der Waals surface area contributed by atoms with Crippen LogP contribution in [-0.4, -0.2) is 26.0 Å². The van der Waals surface area contributed by atoms with E-state index in [2.05, 4.69) is 5.32 Å². The number of benzene rings is 2. The molecule has 6 nitrogen and oxygen atoms in total. The van der Waals surface area contributed by atoms with Crippen molar-refractivity contribution in [1.29, 1.82) is 0 Å². The minimum Gasteiger partial charge on any atom is -0.322 e. The van der Waals surface area contributed by atoms with Crippen LogP contribution in [0.2, 0.25) is 5.02 Å². The summed E-state index contributed by atoms with van der Waals surface area (Å²) in [6.07, 6.45) is 0. The molecule has 2 amide bonds. The zero-order valence-electron chi connectivity index (χ0n) is 14.5. The highest BCUT2D eigenvalue weighted by Gasteiger charge is 2.49. The molecule has 0 radical (unpaired) electrons. The SMILES string of the molecule is CC1(C)CS(=O)(=O)N(c2cccc(C(=O)Nc3ccc(F)c(Cl)c3)c2)C1=O. The molecule has 0 spiro atoms. The summed E-state index contributed by atoms with van der Waals surface area (Å²) in [5.41, 5.74) is -0.527. The first kappa shape index (κ1) is 19.3. The Bertz CT molecular complexity index is 1050. The number of halogens is 2. The standard InChI is InChI=1S/C18H16ClFN2O4S/c1-18(2)10-27(25,26)22(17(18)24)13-5-3-4-11(8-13)16(23)21-12-6-7-15(20)14(19)9-12/h3-9H,10H2,1-2H3,(H,21,23). The van der Waals surface area contributed by atoms with Gasteiger partial charge in [-0.2, -0.15) is 0 Å². The Hall–Kier alpha value is -2.45. The maximum atomic E-state index is 13.2. The molecule has 9 heteroatoms. The molecule has 142 valence electrons. The number of amides is 2. The summed E-state index contributed by atoms with van der Waals surface area (Å²) < 4.78 is 38.7. The first-order valence-electron chi connectivity index (χ1n) is 7.95. The van der Waals surface area contributed by atoms with Crippen molar-refractivity contribution in [2.45, 2.75) is 13.8 Å². The molecule has 3 rings (SSSR count). The molecule has 0 aromatic heterocycles. The smallest absolute Gasteiger partial charge is 0.255 e. The first-order valence-corrected chi connectivity index (χ1v) is 9.94. The molecule has 0 bridgehead atoms. The molecule has 2 aromatic rings. The number of nitrogens with one attached hydrogen (secondary N) is 1. The van der Waals surface area contributed by atoms with Crippen molar-refractivity contribution in [2.24, 2.45) is 5.41 Å². The van der Waals surface area contributed by atoms with Gasteiger partial charge >= 0.3 is 0 Å². The predicted octanol–water partition coefficient (Wildman–Crippen LogP) is 3.43. The van der Waals surface area contributed by atoms with Crippen LogP contribution in [0.4, 0.5) is 15.8 Å². The number of carbonyl (C=O) groups is 2. The molecular formula is C18H16ClFN2O4S. The van der Waals surface area contributed by atoms with Gasteiger partial charge in [-0.05, 0) is 50.2 Å². The highest BCUT2D eigenvalue weighted by atomic mass is 35.5. The van der Waals surface area contributed by atoms with Crippen LogP contribution in [0.5, 0.6) is 0 Å². The lowest BCUT2D eigenvalue weighted by Gasteiger charge is -2.18. The van der Waals surface area contributed by atoms with E-state index < -0.39 is 33.1 Å². The van der Waals surface area contributed by atoms with Crippen molar-refractivity contribution in [1.82, 2.24) is 0 Å². The molecule has 1 heterocycles. The molecule has 1 fully saturated rings. The molecule has 1 aliphatic rings. The summed E-state index contributed by atoms with van der Waals surface area (Å²) in [4.78, 5) is 24.9. The van der Waals surface area contributed by atoms with Crippen LogP contribution in [-0.2, 0) is 14.8 Å². The van der Waals surface area contributed by atoms with Gasteiger partial charge < -0.3 is 5.32 Å². The second-order valence-corrected chi connectivity index (χ2v) is 9.07. The number of nitrogens with zero attached hydrogens (tertiary/aromatic N) is 1. The van der Waals surface area contributed by atoms with Crippen LogP contribution in [0.1, 0.15) is 24.2 Å². The van der Waals surface area contributed by atoms with E-state index >= 15 is 0 Å². The summed E-state index contributed by atoms with van der Waals surface area (Å²) in [6, 6.07) is 9.44. The van der Waals surface area contributed by atoms with Crippen molar-refractivity contribution in [3.63, 3.8) is 0 Å². The van der Waals surface area contributed by atoms with Gasteiger partial charge in [-0.25, -0.2) is 17.1 Å². The highest BCUT2D eigenvalue weighted by molar-refractivity contribution is 7.94. The Morgan fingerprint density at radius 1 is 1.22 bits per heavy atom. The third kappa shape index (κ3) is 3.68. The van der Waals surface area contributed by atoms with E-state index in [0.717, 1.165) is 10.4 Å². The van der Waals surface area contributed by atoms with Gasteiger partial charge in [-0.3, -0.25) is 9.59 Å². The molecule has 27 heavy (non-hydrogen) atoms. The topological polar surface area (TPSA) is 83.6 Å². The number of hydrogen-bond acceptors (Lipinski definition) is 4. The molecule has 0 unspecified atom stereocenters. The average molecular weight is 411 g/mol. The number of anilines is 2. The van der Waals surface area contributed by atoms with E-state index in [1.165, 1.54) is 36.4 Å². The summed E-state index contributed by atoms with van der Waals surface area (Å²) in [7, 11) is -3.82. The van der Waals surface area contributed by atoms with Gasteiger partial charge in [0.1, 0.15) is 5.82 Å². The lowest BCUT2D eigenvalue weighted by Crippen LogP contribution is -2.33. The number of rotatable bonds is 3. The monoisotopic (exact) mass is 410 g/mol. The summed E-state index contributed by atoms with van der Waals surface area (Å²) in [5.74, 6) is -2.02. The summed E-state index contributed by atoms with van der Waals surface area (Å²) >= 11 is 5.69. The highest BCUT2D eigenvalue weighted by Crippen LogP contribution is 2.36. The average Bonchev–Trinajstić information content (AvgIpc) is 2.74. The fourth-order valence-corrected chi connectivity index (χ4v) is 5.09. The molecule has 1 N–H and O–H groups in total. The molecule has 0 atom stereocenters. The second-order valence-electron chi connectivity index (χ2n) is 6.84. The number of carbonyl (C=O) groups excluding carboxylic acids is 2. The van der Waals surface area contributed by atoms with Crippen LogP contribution < -0.4 is 9.62 Å². The lowest BCUT2D eigenvalue weighted by molar-refractivity contribution is -0.123. The molecule has 0 saturated carbocycles. The second kappa shape index (κ2) is 6.61. The van der Waals surface area contributed by atoms with Gasteiger partial charge in [0.05, 0.1) is 21.9 Å². The zero-order valence-corrected chi connectivity index (χ0v) is 16.1. The van der Waals surface area contributed by atoms with Crippen LogP contribution in [0.15, 0.2) is 42.5 Å². The van der Waals surface area contributed by atoms with E-state index in [1.807, 2.05) is 0 Å². The van der Waals surface area contributed by atoms with Gasteiger partial charge in [0.25, 0.3) is 5.91 Å². The normalized spacial score (nSPS) is 17.8. The van der Waals surface area contributed by atoms with E-state index in [1.54, 1.807) is 13.8 Å². The van der Waals surface area contributed by atoms with Gasteiger partial charge in [-0.1, -0.05) is 17.7 Å². The number of sulfonamides is 1. The van der Waals surface area contributed by atoms with Crippen LogP contribution >= 0.6 is 11.6 Å². The fraction of sp³-hybridized carbons (Fsp3) is 0.222.